The Labute approximate surface area is 232 Å². The van der Waals surface area contributed by atoms with E-state index in [0.29, 0.717) is 11.5 Å². The largest absolute Gasteiger partial charge is 0.493 e. The molecule has 1 saturated heterocycles. The molecule has 2 aliphatic rings. The van der Waals surface area contributed by atoms with E-state index in [1.807, 2.05) is 0 Å². The zero-order valence-electron chi connectivity index (χ0n) is 21.3. The van der Waals surface area contributed by atoms with Crippen LogP contribution in [0.3, 0.4) is 0 Å². The highest BCUT2D eigenvalue weighted by molar-refractivity contribution is 6.31. The van der Waals surface area contributed by atoms with Crippen molar-refractivity contribution in [1.82, 2.24) is 15.6 Å². The lowest BCUT2D eigenvalue weighted by atomic mass is 9.86. The molecule has 2 heterocycles. The van der Waals surface area contributed by atoms with Crippen molar-refractivity contribution in [2.75, 3.05) is 26.7 Å². The van der Waals surface area contributed by atoms with E-state index in [4.69, 9.17) is 21.1 Å². The summed E-state index contributed by atoms with van der Waals surface area (Å²) in [5.74, 6) is -2.89. The number of methoxy groups -OCH3 is 1. The Morgan fingerprint density at radius 1 is 1.18 bits per heavy atom. The Bertz CT molecular complexity index is 1430. The number of hydrogen-bond acceptors (Lipinski definition) is 6. The molecule has 7 nitrogen and oxygen atoms in total. The third-order valence-corrected chi connectivity index (χ3v) is 7.19. The van der Waals surface area contributed by atoms with Crippen LogP contribution in [0.2, 0.25) is 5.02 Å². The van der Waals surface area contributed by atoms with Crippen molar-refractivity contribution in [2.24, 2.45) is 0 Å². The molecule has 0 radical (unpaired) electrons. The summed E-state index contributed by atoms with van der Waals surface area (Å²) in [4.78, 5) is 17.1. The fourth-order valence-corrected chi connectivity index (χ4v) is 4.51. The van der Waals surface area contributed by atoms with Crippen LogP contribution in [0.4, 0.5) is 17.6 Å². The van der Waals surface area contributed by atoms with Gasteiger partial charge in [0.05, 0.1) is 29.6 Å². The molecule has 1 aliphatic carbocycles. The van der Waals surface area contributed by atoms with Crippen LogP contribution in [-0.2, 0) is 5.60 Å². The highest BCUT2D eigenvalue weighted by Gasteiger charge is 2.44. The van der Waals surface area contributed by atoms with Crippen molar-refractivity contribution in [2.45, 2.75) is 36.6 Å². The molecule has 5 rings (SSSR count). The van der Waals surface area contributed by atoms with E-state index in [9.17, 15) is 27.5 Å². The topological polar surface area (TPSA) is 92.7 Å². The number of carbonyl (C=O) groups excluding carboxylic acids is 1. The lowest BCUT2D eigenvalue weighted by molar-refractivity contribution is -0.149. The third-order valence-electron chi connectivity index (χ3n) is 6.90. The number of carbonyl (C=O) groups is 1. The number of alkyl halides is 3. The minimum atomic E-state index is -4.79. The number of halogens is 5. The molecule has 2 aromatic carbocycles. The number of pyridine rings is 1. The SMILES string of the molecule is COc1cc(C(=O)NCC(c2cc(C3(O)CNC3)cc(-c3ccc(F)c(Cl)c3)n2)C(F)(F)F)ccc1OC1CC1. The molecule has 3 aromatic rings. The van der Waals surface area contributed by atoms with Crippen molar-refractivity contribution < 1.29 is 36.9 Å². The van der Waals surface area contributed by atoms with Gasteiger partial charge in [-0.1, -0.05) is 11.6 Å². The first-order valence-corrected chi connectivity index (χ1v) is 13.0. The van der Waals surface area contributed by atoms with Gasteiger partial charge < -0.3 is 25.2 Å². The van der Waals surface area contributed by atoms with E-state index in [1.54, 1.807) is 6.07 Å². The zero-order valence-corrected chi connectivity index (χ0v) is 22.1. The summed E-state index contributed by atoms with van der Waals surface area (Å²) in [6, 6.07) is 10.7. The molecular weight excluding hydrogens is 554 g/mol. The average Bonchev–Trinajstić information content (AvgIpc) is 3.72. The maximum atomic E-state index is 14.4. The van der Waals surface area contributed by atoms with Gasteiger partial charge in [-0.05, 0) is 66.9 Å². The summed E-state index contributed by atoms with van der Waals surface area (Å²) in [5.41, 5.74) is -1.16. The van der Waals surface area contributed by atoms with Crippen molar-refractivity contribution in [3.63, 3.8) is 0 Å². The molecule has 3 N–H and O–H groups in total. The Hall–Kier alpha value is -3.41. The summed E-state index contributed by atoms with van der Waals surface area (Å²) in [5, 5.41) is 15.9. The van der Waals surface area contributed by atoms with Gasteiger partial charge in [0, 0.05) is 30.8 Å². The lowest BCUT2D eigenvalue weighted by Gasteiger charge is -2.38. The highest BCUT2D eigenvalue weighted by atomic mass is 35.5. The number of rotatable bonds is 9. The first kappa shape index (κ1) is 28.1. The minimum Gasteiger partial charge on any atom is -0.493 e. The van der Waals surface area contributed by atoms with Crippen LogP contribution < -0.4 is 20.1 Å². The number of benzene rings is 2. The van der Waals surface area contributed by atoms with Crippen LogP contribution in [0.15, 0.2) is 48.5 Å². The lowest BCUT2D eigenvalue weighted by Crippen LogP contribution is -2.56. The standard InChI is InChI=1S/C28H26ClF4N3O4/c1-39-25-9-16(3-7-24(25)40-18-4-5-18)26(37)35-12-19(28(31,32)33)23-11-17(27(38)13-34-14-27)10-22(36-23)15-2-6-21(30)20(29)8-15/h2-3,6-11,18-19,34,38H,4-5,12-14H2,1H3,(H,35,37). The molecule has 0 spiro atoms. The molecule has 1 aromatic heterocycles. The predicted molar refractivity (Wildman–Crippen MR) is 139 cm³/mol. The molecular formula is C28H26ClF4N3O4. The molecule has 1 atom stereocenters. The van der Waals surface area contributed by atoms with Crippen molar-refractivity contribution in [3.05, 3.63) is 76.2 Å². The van der Waals surface area contributed by atoms with Gasteiger partial charge in [0.2, 0.25) is 0 Å². The molecule has 40 heavy (non-hydrogen) atoms. The number of aromatic nitrogens is 1. The molecule has 12 heteroatoms. The van der Waals surface area contributed by atoms with Crippen molar-refractivity contribution in [1.29, 1.82) is 0 Å². The normalized spacial score (nSPS) is 17.1. The van der Waals surface area contributed by atoms with Crippen LogP contribution in [-0.4, -0.2) is 55.0 Å². The van der Waals surface area contributed by atoms with Crippen LogP contribution in [0.1, 0.15) is 40.4 Å². The van der Waals surface area contributed by atoms with Gasteiger partial charge in [0.1, 0.15) is 17.3 Å². The van der Waals surface area contributed by atoms with E-state index in [2.05, 4.69) is 15.6 Å². The van der Waals surface area contributed by atoms with Crippen LogP contribution >= 0.6 is 11.6 Å². The smallest absolute Gasteiger partial charge is 0.398 e. The summed E-state index contributed by atoms with van der Waals surface area (Å²) >= 11 is 5.90. The average molecular weight is 580 g/mol. The maximum Gasteiger partial charge on any atom is 0.398 e. The maximum absolute atomic E-state index is 14.4. The fraction of sp³-hybridized carbons (Fsp3) is 0.357. The monoisotopic (exact) mass is 579 g/mol. The Morgan fingerprint density at radius 3 is 2.52 bits per heavy atom. The second-order valence-corrected chi connectivity index (χ2v) is 10.3. The number of amides is 1. The predicted octanol–water partition coefficient (Wildman–Crippen LogP) is 4.96. The number of nitrogens with zero attached hydrogens (tertiary/aromatic N) is 1. The fourth-order valence-electron chi connectivity index (χ4n) is 4.32. The first-order valence-electron chi connectivity index (χ1n) is 12.6. The van der Waals surface area contributed by atoms with Gasteiger partial charge in [-0.15, -0.1) is 0 Å². The Balaban J connectivity index is 1.44. The van der Waals surface area contributed by atoms with Crippen molar-refractivity contribution >= 4 is 17.5 Å². The third kappa shape index (κ3) is 6.01. The van der Waals surface area contributed by atoms with Gasteiger partial charge >= 0.3 is 6.18 Å². The summed E-state index contributed by atoms with van der Waals surface area (Å²) in [6.07, 6.45) is -2.86. The minimum absolute atomic E-state index is 0.0753. The summed E-state index contributed by atoms with van der Waals surface area (Å²) in [7, 11) is 1.41. The second-order valence-electron chi connectivity index (χ2n) is 9.92. The number of ether oxygens (including phenoxy) is 2. The van der Waals surface area contributed by atoms with E-state index in [0.717, 1.165) is 18.9 Å². The van der Waals surface area contributed by atoms with Crippen LogP contribution in [0, 0.1) is 5.82 Å². The second kappa shape index (κ2) is 10.9. The molecule has 1 amide bonds. The molecule has 0 bridgehead atoms. The summed E-state index contributed by atoms with van der Waals surface area (Å²) in [6.45, 7) is -0.548. The number of nitrogens with one attached hydrogen (secondary N) is 2. The Kier molecular flexibility index (Phi) is 7.64. The van der Waals surface area contributed by atoms with Gasteiger partial charge in [0.15, 0.2) is 11.5 Å². The quantitative estimate of drug-likeness (QED) is 0.311. The Morgan fingerprint density at radius 2 is 1.93 bits per heavy atom. The van der Waals surface area contributed by atoms with Gasteiger partial charge in [0.25, 0.3) is 5.91 Å². The molecule has 212 valence electrons. The van der Waals surface area contributed by atoms with E-state index >= 15 is 0 Å². The molecule has 1 unspecified atom stereocenters. The molecule has 1 aliphatic heterocycles. The number of aliphatic hydroxyl groups is 1. The number of hydrogen-bond donors (Lipinski definition) is 3. The number of β-amino-alcohol motifs (C(OH)–C–C–N with tert-alkyl or cyclic N) is 1. The van der Waals surface area contributed by atoms with E-state index < -0.39 is 41.7 Å². The molecule has 1 saturated carbocycles. The molecule has 2 fully saturated rings. The van der Waals surface area contributed by atoms with E-state index in [1.165, 1.54) is 43.5 Å². The van der Waals surface area contributed by atoms with Crippen LogP contribution in [0.25, 0.3) is 11.3 Å². The van der Waals surface area contributed by atoms with Crippen molar-refractivity contribution in [3.8, 4) is 22.8 Å². The first-order chi connectivity index (χ1) is 19.0. The van der Waals surface area contributed by atoms with Gasteiger partial charge in [-0.3, -0.25) is 9.78 Å². The van der Waals surface area contributed by atoms with Gasteiger partial charge in [-0.2, -0.15) is 13.2 Å². The zero-order chi connectivity index (χ0) is 28.7. The highest BCUT2D eigenvalue weighted by Crippen LogP contribution is 2.38. The van der Waals surface area contributed by atoms with Crippen LogP contribution in [0.5, 0.6) is 11.5 Å². The van der Waals surface area contributed by atoms with E-state index in [-0.39, 0.29) is 46.6 Å². The summed E-state index contributed by atoms with van der Waals surface area (Å²) < 4.78 is 67.8. The van der Waals surface area contributed by atoms with Gasteiger partial charge in [-0.25, -0.2) is 4.39 Å².